The second kappa shape index (κ2) is 4.03. The van der Waals surface area contributed by atoms with Gasteiger partial charge < -0.3 is 9.84 Å². The van der Waals surface area contributed by atoms with Gasteiger partial charge in [0, 0.05) is 28.7 Å². The average Bonchev–Trinajstić information content (AvgIpc) is 2.35. The van der Waals surface area contributed by atoms with Crippen molar-refractivity contribution in [3.63, 3.8) is 0 Å². The van der Waals surface area contributed by atoms with E-state index in [1.165, 1.54) is 18.2 Å². The third-order valence-electron chi connectivity index (χ3n) is 3.67. The van der Waals surface area contributed by atoms with Gasteiger partial charge in [0.25, 0.3) is 0 Å². The van der Waals surface area contributed by atoms with Gasteiger partial charge in [-0.3, -0.25) is 9.59 Å². The van der Waals surface area contributed by atoms with Gasteiger partial charge in [-0.25, -0.2) is 0 Å². The van der Waals surface area contributed by atoms with Crippen LogP contribution in [0.15, 0.2) is 29.3 Å². The molecule has 0 saturated heterocycles. The number of hydrogen-bond acceptors (Lipinski definition) is 4. The van der Waals surface area contributed by atoms with Crippen LogP contribution in [-0.4, -0.2) is 28.9 Å². The average molecular weight is 258 g/mol. The van der Waals surface area contributed by atoms with Gasteiger partial charge in [0.05, 0.1) is 12.2 Å². The number of phenolic OH excluding ortho intramolecular Hbond substituents is 1. The van der Waals surface area contributed by atoms with Crippen LogP contribution >= 0.6 is 0 Å². The summed E-state index contributed by atoms with van der Waals surface area (Å²) in [5, 5.41) is 9.49. The number of aromatic hydroxyl groups is 1. The van der Waals surface area contributed by atoms with Gasteiger partial charge in [-0.05, 0) is 32.0 Å². The topological polar surface area (TPSA) is 63.6 Å². The Labute approximate surface area is 110 Å². The number of rotatable bonds is 0. The molecule has 0 unspecified atom stereocenters. The van der Waals surface area contributed by atoms with E-state index in [0.29, 0.717) is 28.7 Å². The molecule has 4 heteroatoms. The van der Waals surface area contributed by atoms with Crippen LogP contribution in [0.2, 0.25) is 0 Å². The molecular weight excluding hydrogens is 244 g/mol. The first-order valence-electron chi connectivity index (χ1n) is 6.30. The van der Waals surface area contributed by atoms with E-state index >= 15 is 0 Å². The summed E-state index contributed by atoms with van der Waals surface area (Å²) in [7, 11) is 0. The largest absolute Gasteiger partial charge is 0.508 e. The van der Waals surface area contributed by atoms with E-state index in [2.05, 4.69) is 0 Å². The van der Waals surface area contributed by atoms with Crippen molar-refractivity contribution in [1.82, 2.24) is 0 Å². The standard InChI is InChI=1S/C15H14O4/c1-7-5-12-13(8(2)19-7)15(18)10-4-3-9(16)6-11(10)14(12)17/h3-4,6-8,16H,5H2,1-2H3/t7-,8+/m0/s1. The Bertz CT molecular complexity index is 627. The molecule has 0 amide bonds. The molecule has 3 rings (SSSR count). The predicted octanol–water partition coefficient (Wildman–Crippen LogP) is 2.27. The molecule has 1 aliphatic carbocycles. The number of hydrogen-bond donors (Lipinski definition) is 1. The number of fused-ring (bicyclic) bond motifs is 1. The molecule has 2 aliphatic rings. The molecule has 1 aromatic rings. The molecule has 19 heavy (non-hydrogen) atoms. The molecule has 0 radical (unpaired) electrons. The summed E-state index contributed by atoms with van der Waals surface area (Å²) in [5.41, 5.74) is 1.66. The molecule has 98 valence electrons. The molecule has 0 bridgehead atoms. The van der Waals surface area contributed by atoms with Gasteiger partial charge in [0.1, 0.15) is 5.75 Å². The molecule has 2 atom stereocenters. The van der Waals surface area contributed by atoms with Gasteiger partial charge in [-0.15, -0.1) is 0 Å². The highest BCUT2D eigenvalue weighted by atomic mass is 16.5. The highest BCUT2D eigenvalue weighted by Crippen LogP contribution is 2.36. The Hall–Kier alpha value is -1.94. The molecule has 1 heterocycles. The minimum absolute atomic E-state index is 0.00268. The predicted molar refractivity (Wildman–Crippen MR) is 68.4 cm³/mol. The van der Waals surface area contributed by atoms with Crippen LogP contribution in [0.25, 0.3) is 0 Å². The van der Waals surface area contributed by atoms with Crippen molar-refractivity contribution in [3.05, 3.63) is 40.5 Å². The van der Waals surface area contributed by atoms with E-state index in [1.54, 1.807) is 6.92 Å². The van der Waals surface area contributed by atoms with E-state index in [9.17, 15) is 14.7 Å². The van der Waals surface area contributed by atoms with E-state index < -0.39 is 0 Å². The van der Waals surface area contributed by atoms with E-state index in [4.69, 9.17) is 4.74 Å². The first-order valence-corrected chi connectivity index (χ1v) is 6.30. The first kappa shape index (κ1) is 12.1. The maximum atomic E-state index is 12.5. The lowest BCUT2D eigenvalue weighted by Gasteiger charge is -2.32. The van der Waals surface area contributed by atoms with Gasteiger partial charge in [-0.2, -0.15) is 0 Å². The molecule has 1 aromatic carbocycles. The van der Waals surface area contributed by atoms with Crippen molar-refractivity contribution in [2.24, 2.45) is 0 Å². The van der Waals surface area contributed by atoms with Crippen molar-refractivity contribution in [1.29, 1.82) is 0 Å². The summed E-state index contributed by atoms with van der Waals surface area (Å²) in [6.45, 7) is 3.68. The van der Waals surface area contributed by atoms with Crippen LogP contribution in [-0.2, 0) is 4.74 Å². The highest BCUT2D eigenvalue weighted by Gasteiger charge is 2.38. The molecule has 0 fully saturated rings. The number of benzene rings is 1. The summed E-state index contributed by atoms with van der Waals surface area (Å²) in [4.78, 5) is 24.9. The fraction of sp³-hybridized carbons (Fsp3) is 0.333. The third-order valence-corrected chi connectivity index (χ3v) is 3.67. The van der Waals surface area contributed by atoms with Crippen LogP contribution in [0.5, 0.6) is 5.75 Å². The second-order valence-electron chi connectivity index (χ2n) is 5.07. The monoisotopic (exact) mass is 258 g/mol. The van der Waals surface area contributed by atoms with E-state index in [1.807, 2.05) is 6.92 Å². The van der Waals surface area contributed by atoms with Crippen molar-refractivity contribution >= 4 is 11.6 Å². The molecule has 0 spiro atoms. The van der Waals surface area contributed by atoms with Crippen molar-refractivity contribution in [2.75, 3.05) is 0 Å². The summed E-state index contributed by atoms with van der Waals surface area (Å²) < 4.78 is 5.63. The SMILES string of the molecule is C[C@H]1CC2=C(C(=O)c3ccc(O)cc3C2=O)[C@@H](C)O1. The fourth-order valence-electron chi connectivity index (χ4n) is 2.87. The lowest BCUT2D eigenvalue weighted by atomic mass is 9.79. The van der Waals surface area contributed by atoms with Gasteiger partial charge >= 0.3 is 0 Å². The lowest BCUT2D eigenvalue weighted by Crippen LogP contribution is -2.36. The fourth-order valence-corrected chi connectivity index (χ4v) is 2.87. The van der Waals surface area contributed by atoms with Crippen LogP contribution in [0, 0.1) is 0 Å². The summed E-state index contributed by atoms with van der Waals surface area (Å²) in [6, 6.07) is 4.29. The third kappa shape index (κ3) is 1.71. The zero-order chi connectivity index (χ0) is 13.7. The van der Waals surface area contributed by atoms with E-state index in [-0.39, 0.29) is 29.5 Å². The number of ether oxygens (including phenoxy) is 1. The second-order valence-corrected chi connectivity index (χ2v) is 5.07. The zero-order valence-electron chi connectivity index (χ0n) is 10.8. The number of phenols is 1. The number of ketones is 2. The van der Waals surface area contributed by atoms with Crippen LogP contribution in [0.3, 0.4) is 0 Å². The molecule has 0 saturated carbocycles. The summed E-state index contributed by atoms with van der Waals surface area (Å²) in [5.74, 6) is -0.330. The number of carbonyl (C=O) groups excluding carboxylic acids is 2. The first-order chi connectivity index (χ1) is 8.99. The molecule has 1 N–H and O–H groups in total. The Kier molecular flexibility index (Phi) is 2.57. The maximum absolute atomic E-state index is 12.5. The quantitative estimate of drug-likeness (QED) is 0.775. The van der Waals surface area contributed by atoms with Crippen molar-refractivity contribution in [2.45, 2.75) is 32.5 Å². The highest BCUT2D eigenvalue weighted by molar-refractivity contribution is 6.27. The Balaban J connectivity index is 2.21. The van der Waals surface area contributed by atoms with Crippen molar-refractivity contribution < 1.29 is 19.4 Å². The van der Waals surface area contributed by atoms with Crippen LogP contribution in [0.1, 0.15) is 41.0 Å². The normalized spacial score (nSPS) is 26.2. The molecule has 0 aromatic heterocycles. The maximum Gasteiger partial charge on any atom is 0.192 e. The number of carbonyl (C=O) groups is 2. The molecule has 1 aliphatic heterocycles. The van der Waals surface area contributed by atoms with Crippen LogP contribution < -0.4 is 0 Å². The van der Waals surface area contributed by atoms with E-state index in [0.717, 1.165) is 0 Å². The Morgan fingerprint density at radius 2 is 1.89 bits per heavy atom. The van der Waals surface area contributed by atoms with Crippen molar-refractivity contribution in [3.8, 4) is 5.75 Å². The van der Waals surface area contributed by atoms with Gasteiger partial charge in [0.15, 0.2) is 11.6 Å². The van der Waals surface area contributed by atoms with Gasteiger partial charge in [0.2, 0.25) is 0 Å². The van der Waals surface area contributed by atoms with Crippen LogP contribution in [0.4, 0.5) is 0 Å². The summed E-state index contributed by atoms with van der Waals surface area (Å²) >= 11 is 0. The molecular formula is C15H14O4. The Morgan fingerprint density at radius 1 is 1.16 bits per heavy atom. The van der Waals surface area contributed by atoms with Gasteiger partial charge in [-0.1, -0.05) is 0 Å². The minimum Gasteiger partial charge on any atom is -0.508 e. The summed E-state index contributed by atoms with van der Waals surface area (Å²) in [6.07, 6.45) is 0.000748. The minimum atomic E-state index is -0.364. The molecule has 4 nitrogen and oxygen atoms in total. The smallest absolute Gasteiger partial charge is 0.192 e. The Morgan fingerprint density at radius 3 is 2.63 bits per heavy atom. The lowest BCUT2D eigenvalue weighted by molar-refractivity contribution is 0.0149. The number of Topliss-reactive ketones (excluding diaryl/α,β-unsaturated/α-hetero) is 2. The zero-order valence-corrected chi connectivity index (χ0v) is 10.8.